The number of aliphatic hydroxyl groups is 2. The van der Waals surface area contributed by atoms with E-state index < -0.39 is 24.1 Å². The highest BCUT2D eigenvalue weighted by Crippen LogP contribution is 1.73. The summed E-state index contributed by atoms with van der Waals surface area (Å²) in [6.07, 6.45) is -2.46. The third-order valence-corrected chi connectivity index (χ3v) is 0.715. The summed E-state index contributed by atoms with van der Waals surface area (Å²) in [6, 6.07) is 0. The SMILES string of the molecule is CC(O)C(=O)O.CC(O)C(=O)O.O.O.O.[Mg]. The average molecular weight is 259 g/mol. The minimum atomic E-state index is -1.23. The predicted octanol–water partition coefficient (Wildman–Crippen LogP) is -3.95. The van der Waals surface area contributed by atoms with Gasteiger partial charge in [0.25, 0.3) is 0 Å². The molecule has 0 spiro atoms. The minimum absolute atomic E-state index is 0. The van der Waals surface area contributed by atoms with Crippen LogP contribution in [0.5, 0.6) is 0 Å². The first-order valence-electron chi connectivity index (χ1n) is 3.10. The van der Waals surface area contributed by atoms with E-state index in [-0.39, 0.29) is 39.5 Å². The quantitative estimate of drug-likeness (QED) is 0.363. The summed E-state index contributed by atoms with van der Waals surface area (Å²) in [5.41, 5.74) is 0. The number of rotatable bonds is 2. The van der Waals surface area contributed by atoms with E-state index in [0.29, 0.717) is 0 Å². The van der Waals surface area contributed by atoms with Crippen molar-refractivity contribution in [3.05, 3.63) is 0 Å². The van der Waals surface area contributed by atoms with Gasteiger partial charge in [0.15, 0.2) is 0 Å². The van der Waals surface area contributed by atoms with E-state index in [4.69, 9.17) is 20.4 Å². The van der Waals surface area contributed by atoms with Gasteiger partial charge >= 0.3 is 11.9 Å². The van der Waals surface area contributed by atoms with Crippen molar-refractivity contribution in [1.82, 2.24) is 0 Å². The van der Waals surface area contributed by atoms with Crippen molar-refractivity contribution in [2.45, 2.75) is 26.1 Å². The first-order chi connectivity index (χ1) is 5.29. The fourth-order valence-corrected chi connectivity index (χ4v) is 0. The van der Waals surface area contributed by atoms with Gasteiger partial charge in [0.1, 0.15) is 12.2 Å². The first-order valence-corrected chi connectivity index (χ1v) is 3.10. The van der Waals surface area contributed by atoms with Crippen molar-refractivity contribution >= 4 is 35.0 Å². The molecule has 16 heavy (non-hydrogen) atoms. The van der Waals surface area contributed by atoms with Crippen molar-refractivity contribution < 1.29 is 46.4 Å². The maximum atomic E-state index is 9.45. The zero-order chi connectivity index (χ0) is 10.3. The summed E-state index contributed by atoms with van der Waals surface area (Å²) >= 11 is 0. The van der Waals surface area contributed by atoms with Crippen LogP contribution in [0, 0.1) is 0 Å². The van der Waals surface area contributed by atoms with E-state index in [2.05, 4.69) is 0 Å². The molecule has 0 fully saturated rings. The summed E-state index contributed by atoms with van der Waals surface area (Å²) in [5.74, 6) is -2.37. The second-order valence-corrected chi connectivity index (χ2v) is 2.03. The number of carboxylic acids is 2. The van der Waals surface area contributed by atoms with Crippen LogP contribution < -0.4 is 0 Å². The average Bonchev–Trinajstić information content (AvgIpc) is 1.88. The molecular weight excluding hydrogens is 240 g/mol. The number of hydrogen-bond acceptors (Lipinski definition) is 4. The van der Waals surface area contributed by atoms with E-state index >= 15 is 0 Å². The Morgan fingerprint density at radius 2 is 0.875 bits per heavy atom. The topological polar surface area (TPSA) is 210 Å². The van der Waals surface area contributed by atoms with Crippen LogP contribution in [0.15, 0.2) is 0 Å². The lowest BCUT2D eigenvalue weighted by Crippen LogP contribution is -2.13. The molecule has 10 heteroatoms. The van der Waals surface area contributed by atoms with Gasteiger partial charge in [0.05, 0.1) is 0 Å². The normalized spacial score (nSPS) is 10.2. The molecule has 2 unspecified atom stereocenters. The Hall–Kier alpha value is -0.494. The van der Waals surface area contributed by atoms with Crippen LogP contribution >= 0.6 is 0 Å². The molecule has 0 amide bonds. The van der Waals surface area contributed by atoms with Gasteiger partial charge in [0.2, 0.25) is 0 Å². The maximum Gasteiger partial charge on any atom is 0.332 e. The van der Waals surface area contributed by atoms with E-state index in [1.165, 1.54) is 13.8 Å². The zero-order valence-corrected chi connectivity index (χ0v) is 10.4. The Balaban J connectivity index is -0.0000000250. The number of carbonyl (C=O) groups is 2. The largest absolute Gasteiger partial charge is 0.479 e. The monoisotopic (exact) mass is 258 g/mol. The summed E-state index contributed by atoms with van der Waals surface area (Å²) < 4.78 is 0. The molecule has 0 saturated heterocycles. The maximum absolute atomic E-state index is 9.45. The molecule has 0 bridgehead atoms. The second kappa shape index (κ2) is 20.0. The molecule has 9 nitrogen and oxygen atoms in total. The Morgan fingerprint density at radius 1 is 0.812 bits per heavy atom. The smallest absolute Gasteiger partial charge is 0.332 e. The molecule has 0 aliphatic heterocycles. The molecule has 0 rings (SSSR count). The van der Waals surface area contributed by atoms with Gasteiger partial charge in [-0.25, -0.2) is 9.59 Å². The highest BCUT2D eigenvalue weighted by Gasteiger charge is 2.01. The number of aliphatic carboxylic acids is 2. The minimum Gasteiger partial charge on any atom is -0.479 e. The highest BCUT2D eigenvalue weighted by atomic mass is 24.3. The van der Waals surface area contributed by atoms with Gasteiger partial charge in [-0.1, -0.05) is 0 Å². The molecule has 2 atom stereocenters. The van der Waals surface area contributed by atoms with E-state index in [1.807, 2.05) is 0 Å². The molecule has 0 aliphatic rings. The predicted molar refractivity (Wildman–Crippen MR) is 55.2 cm³/mol. The van der Waals surface area contributed by atoms with Crippen molar-refractivity contribution in [2.75, 3.05) is 0 Å². The first kappa shape index (κ1) is 36.1. The molecule has 0 aromatic rings. The molecule has 0 aromatic carbocycles. The third kappa shape index (κ3) is 37.5. The number of aliphatic hydroxyl groups excluding tert-OH is 2. The third-order valence-electron chi connectivity index (χ3n) is 0.715. The van der Waals surface area contributed by atoms with Crippen LogP contribution in [-0.2, 0) is 9.59 Å². The summed E-state index contributed by atoms with van der Waals surface area (Å²) in [5, 5.41) is 31.5. The molecule has 0 heterocycles. The summed E-state index contributed by atoms with van der Waals surface area (Å²) in [6.45, 7) is 2.39. The van der Waals surface area contributed by atoms with Gasteiger partial charge in [-0.15, -0.1) is 0 Å². The Labute approximate surface area is 108 Å². The van der Waals surface area contributed by atoms with Gasteiger partial charge in [-0.2, -0.15) is 0 Å². The Kier molecular flexibility index (Phi) is 45.1. The van der Waals surface area contributed by atoms with Gasteiger partial charge in [-0.3, -0.25) is 0 Å². The van der Waals surface area contributed by atoms with Crippen LogP contribution in [0.25, 0.3) is 0 Å². The van der Waals surface area contributed by atoms with Crippen molar-refractivity contribution in [2.24, 2.45) is 0 Å². The molecule has 98 valence electrons. The van der Waals surface area contributed by atoms with E-state index in [0.717, 1.165) is 0 Å². The van der Waals surface area contributed by atoms with Crippen LogP contribution in [0.1, 0.15) is 13.8 Å². The van der Waals surface area contributed by atoms with E-state index in [1.54, 1.807) is 0 Å². The van der Waals surface area contributed by atoms with Gasteiger partial charge < -0.3 is 36.9 Å². The molecule has 10 N–H and O–H groups in total. The second-order valence-electron chi connectivity index (χ2n) is 2.03. The lowest BCUT2D eigenvalue weighted by Gasteiger charge is -1.89. The van der Waals surface area contributed by atoms with Crippen LogP contribution in [-0.4, -0.2) is 84.1 Å². The Morgan fingerprint density at radius 3 is 0.875 bits per heavy atom. The molecule has 2 radical (unpaired) electrons. The lowest BCUT2D eigenvalue weighted by atomic mass is 10.4. The standard InChI is InChI=1S/2C3H6O3.Mg.3H2O/c2*1-2(4)3(5)6;;;;/h2*2,4H,1H3,(H,5,6);;3*1H2. The number of hydrogen-bond donors (Lipinski definition) is 4. The molecule has 0 aliphatic carbocycles. The fraction of sp³-hybridized carbons (Fsp3) is 0.667. The van der Waals surface area contributed by atoms with Crippen LogP contribution in [0.4, 0.5) is 0 Å². The van der Waals surface area contributed by atoms with Gasteiger partial charge in [-0.05, 0) is 13.8 Å². The summed E-state index contributed by atoms with van der Waals surface area (Å²) in [7, 11) is 0. The Bertz CT molecular complexity index is 140. The fourth-order valence-electron chi connectivity index (χ4n) is 0. The highest BCUT2D eigenvalue weighted by molar-refractivity contribution is 5.75. The molecular formula is C6H18MgO9. The van der Waals surface area contributed by atoms with Crippen molar-refractivity contribution in [1.29, 1.82) is 0 Å². The van der Waals surface area contributed by atoms with Crippen molar-refractivity contribution in [3.8, 4) is 0 Å². The lowest BCUT2D eigenvalue weighted by molar-refractivity contribution is -0.146. The van der Waals surface area contributed by atoms with Crippen LogP contribution in [0.3, 0.4) is 0 Å². The van der Waals surface area contributed by atoms with Gasteiger partial charge in [0, 0.05) is 23.1 Å². The zero-order valence-electron chi connectivity index (χ0n) is 8.97. The molecule has 0 saturated carbocycles. The summed E-state index contributed by atoms with van der Waals surface area (Å²) in [4.78, 5) is 18.9. The van der Waals surface area contributed by atoms with E-state index in [9.17, 15) is 9.59 Å². The molecule has 0 aromatic heterocycles. The number of carboxylic acid groups (broad SMARTS) is 2. The van der Waals surface area contributed by atoms with Crippen molar-refractivity contribution in [3.63, 3.8) is 0 Å². The van der Waals surface area contributed by atoms with Crippen LogP contribution in [0.2, 0.25) is 0 Å².